The number of nitrogens with zero attached hydrogens (tertiary/aromatic N) is 1. The van der Waals surface area contributed by atoms with Crippen LogP contribution in [0.4, 0.5) is 0 Å². The van der Waals surface area contributed by atoms with Crippen molar-refractivity contribution in [3.05, 3.63) is 48.0 Å². The maximum atomic E-state index is 5.63. The summed E-state index contributed by atoms with van der Waals surface area (Å²) < 4.78 is 5.63. The second-order valence-corrected chi connectivity index (χ2v) is 5.79. The molecule has 2 saturated heterocycles. The normalized spacial score (nSPS) is 22.6. The first kappa shape index (κ1) is 12.3. The smallest absolute Gasteiger partial charge is 0.0940 e. The van der Waals surface area contributed by atoms with Crippen molar-refractivity contribution in [1.29, 1.82) is 0 Å². The molecule has 2 heterocycles. The highest BCUT2D eigenvalue weighted by Crippen LogP contribution is 2.39. The highest BCUT2D eigenvalue weighted by atomic mass is 16.5. The molecule has 3 nitrogen and oxygen atoms in total. The quantitative estimate of drug-likeness (QED) is 0.901. The Morgan fingerprint density at radius 3 is 2.45 bits per heavy atom. The molecule has 104 valence electrons. The van der Waals surface area contributed by atoms with Gasteiger partial charge in [0, 0.05) is 26.2 Å². The Labute approximate surface area is 119 Å². The van der Waals surface area contributed by atoms with E-state index in [4.69, 9.17) is 4.74 Å². The van der Waals surface area contributed by atoms with Crippen LogP contribution in [0.15, 0.2) is 42.5 Å². The first-order valence-electron chi connectivity index (χ1n) is 7.42. The summed E-state index contributed by atoms with van der Waals surface area (Å²) in [5, 5.41) is 6.14. The van der Waals surface area contributed by atoms with Gasteiger partial charge in [-0.1, -0.05) is 42.5 Å². The van der Waals surface area contributed by atoms with E-state index in [0.29, 0.717) is 0 Å². The summed E-state index contributed by atoms with van der Waals surface area (Å²) in [6.07, 6.45) is 0. The van der Waals surface area contributed by atoms with Gasteiger partial charge in [0.15, 0.2) is 0 Å². The molecule has 0 saturated carbocycles. The number of fused-ring (bicyclic) bond motifs is 1. The third-order valence-electron chi connectivity index (χ3n) is 4.69. The third-order valence-corrected chi connectivity index (χ3v) is 4.69. The minimum absolute atomic E-state index is 0.0863. The van der Waals surface area contributed by atoms with Crippen LogP contribution in [0.2, 0.25) is 0 Å². The molecule has 20 heavy (non-hydrogen) atoms. The molecule has 2 aliphatic rings. The molecule has 0 spiro atoms. The number of ether oxygens (including phenoxy) is 1. The molecule has 0 unspecified atom stereocenters. The van der Waals surface area contributed by atoms with Crippen molar-refractivity contribution in [2.45, 2.75) is 5.54 Å². The Morgan fingerprint density at radius 2 is 1.70 bits per heavy atom. The van der Waals surface area contributed by atoms with Crippen LogP contribution in [-0.2, 0) is 10.3 Å². The van der Waals surface area contributed by atoms with Crippen LogP contribution >= 0.6 is 0 Å². The summed E-state index contributed by atoms with van der Waals surface area (Å²) >= 11 is 0. The average molecular weight is 268 g/mol. The van der Waals surface area contributed by atoms with Gasteiger partial charge < -0.3 is 10.1 Å². The molecule has 0 atom stereocenters. The number of hydrogen-bond acceptors (Lipinski definition) is 3. The highest BCUT2D eigenvalue weighted by Gasteiger charge is 2.46. The topological polar surface area (TPSA) is 24.5 Å². The van der Waals surface area contributed by atoms with Gasteiger partial charge in [0.05, 0.1) is 18.8 Å². The predicted molar refractivity (Wildman–Crippen MR) is 80.9 cm³/mol. The lowest BCUT2D eigenvalue weighted by atomic mass is 9.82. The standard InChI is InChI=1S/C17H20N2O/c1-2-6-15-14(4-1)5-3-7-16(15)17(12-20-13-17)19-10-8-18-9-11-19/h1-7,18H,8-13H2. The molecule has 0 aliphatic carbocycles. The molecule has 0 aromatic heterocycles. The second-order valence-electron chi connectivity index (χ2n) is 5.79. The van der Waals surface area contributed by atoms with E-state index in [-0.39, 0.29) is 5.54 Å². The van der Waals surface area contributed by atoms with E-state index in [9.17, 15) is 0 Å². The molecule has 1 N–H and O–H groups in total. The number of rotatable bonds is 2. The van der Waals surface area contributed by atoms with E-state index in [1.165, 1.54) is 16.3 Å². The van der Waals surface area contributed by atoms with Gasteiger partial charge in [0.2, 0.25) is 0 Å². The first-order valence-corrected chi connectivity index (χ1v) is 7.42. The fraction of sp³-hybridized carbons (Fsp3) is 0.412. The predicted octanol–water partition coefficient (Wildman–Crippen LogP) is 1.97. The Bertz CT molecular complexity index is 610. The summed E-state index contributed by atoms with van der Waals surface area (Å²) in [4.78, 5) is 2.61. The maximum Gasteiger partial charge on any atom is 0.0940 e. The zero-order valence-electron chi connectivity index (χ0n) is 11.6. The summed E-state index contributed by atoms with van der Waals surface area (Å²) in [5.41, 5.74) is 1.52. The molecular formula is C17H20N2O. The summed E-state index contributed by atoms with van der Waals surface area (Å²) in [6.45, 7) is 6.00. The number of piperazine rings is 1. The van der Waals surface area contributed by atoms with Gasteiger partial charge in [0.25, 0.3) is 0 Å². The maximum absolute atomic E-state index is 5.63. The van der Waals surface area contributed by atoms with Gasteiger partial charge in [-0.15, -0.1) is 0 Å². The minimum Gasteiger partial charge on any atom is -0.377 e. The van der Waals surface area contributed by atoms with Crippen LogP contribution in [0.3, 0.4) is 0 Å². The molecule has 2 aromatic carbocycles. The monoisotopic (exact) mass is 268 g/mol. The van der Waals surface area contributed by atoms with Gasteiger partial charge in [-0.25, -0.2) is 0 Å². The van der Waals surface area contributed by atoms with E-state index in [2.05, 4.69) is 52.7 Å². The zero-order valence-corrected chi connectivity index (χ0v) is 11.6. The van der Waals surface area contributed by atoms with Crippen molar-refractivity contribution in [3.8, 4) is 0 Å². The van der Waals surface area contributed by atoms with E-state index in [0.717, 1.165) is 39.4 Å². The zero-order chi connectivity index (χ0) is 13.4. The van der Waals surface area contributed by atoms with Gasteiger partial charge >= 0.3 is 0 Å². The van der Waals surface area contributed by atoms with Crippen LogP contribution in [0.5, 0.6) is 0 Å². The van der Waals surface area contributed by atoms with E-state index >= 15 is 0 Å². The lowest BCUT2D eigenvalue weighted by Crippen LogP contribution is -2.63. The SMILES string of the molecule is c1ccc2c(C3(N4CCNCC4)COC3)cccc2c1. The molecular weight excluding hydrogens is 248 g/mol. The molecule has 0 radical (unpaired) electrons. The Balaban J connectivity index is 1.83. The Kier molecular flexibility index (Phi) is 2.99. The first-order chi connectivity index (χ1) is 9.90. The Morgan fingerprint density at radius 1 is 0.950 bits per heavy atom. The third kappa shape index (κ3) is 1.78. The van der Waals surface area contributed by atoms with Crippen LogP contribution in [0.1, 0.15) is 5.56 Å². The number of nitrogens with one attached hydrogen (secondary N) is 1. The number of benzene rings is 2. The van der Waals surface area contributed by atoms with Crippen molar-refractivity contribution < 1.29 is 4.74 Å². The van der Waals surface area contributed by atoms with Gasteiger partial charge in [-0.2, -0.15) is 0 Å². The largest absolute Gasteiger partial charge is 0.377 e. The number of hydrogen-bond donors (Lipinski definition) is 1. The molecule has 2 aliphatic heterocycles. The summed E-state index contributed by atoms with van der Waals surface area (Å²) in [5.74, 6) is 0. The van der Waals surface area contributed by atoms with Gasteiger partial charge in [0.1, 0.15) is 0 Å². The van der Waals surface area contributed by atoms with Gasteiger partial charge in [-0.3, -0.25) is 4.90 Å². The van der Waals surface area contributed by atoms with Crippen molar-refractivity contribution in [2.75, 3.05) is 39.4 Å². The van der Waals surface area contributed by atoms with Crippen LogP contribution in [0, 0.1) is 0 Å². The molecule has 2 fully saturated rings. The summed E-state index contributed by atoms with van der Waals surface area (Å²) in [6, 6.07) is 15.4. The van der Waals surface area contributed by atoms with E-state index < -0.39 is 0 Å². The average Bonchev–Trinajstić information content (AvgIpc) is 2.48. The molecule has 0 amide bonds. The Hall–Kier alpha value is -1.42. The fourth-order valence-electron chi connectivity index (χ4n) is 3.53. The molecule has 0 bridgehead atoms. The van der Waals surface area contributed by atoms with Crippen LogP contribution < -0.4 is 5.32 Å². The summed E-state index contributed by atoms with van der Waals surface area (Å²) in [7, 11) is 0. The highest BCUT2D eigenvalue weighted by molar-refractivity contribution is 5.86. The van der Waals surface area contributed by atoms with Crippen LogP contribution in [0.25, 0.3) is 10.8 Å². The molecule has 2 aromatic rings. The van der Waals surface area contributed by atoms with Crippen molar-refractivity contribution >= 4 is 10.8 Å². The van der Waals surface area contributed by atoms with E-state index in [1.54, 1.807) is 0 Å². The fourth-order valence-corrected chi connectivity index (χ4v) is 3.53. The molecule has 4 rings (SSSR count). The molecule has 3 heteroatoms. The van der Waals surface area contributed by atoms with Gasteiger partial charge in [-0.05, 0) is 16.3 Å². The van der Waals surface area contributed by atoms with Crippen molar-refractivity contribution in [2.24, 2.45) is 0 Å². The van der Waals surface area contributed by atoms with Crippen LogP contribution in [-0.4, -0.2) is 44.3 Å². The minimum atomic E-state index is 0.0863. The second kappa shape index (κ2) is 4.85. The van der Waals surface area contributed by atoms with E-state index in [1.807, 2.05) is 0 Å². The van der Waals surface area contributed by atoms with Crippen molar-refractivity contribution in [3.63, 3.8) is 0 Å². The lowest BCUT2D eigenvalue weighted by Gasteiger charge is -2.51. The van der Waals surface area contributed by atoms with Crippen molar-refractivity contribution in [1.82, 2.24) is 10.2 Å². The lowest BCUT2D eigenvalue weighted by molar-refractivity contribution is -0.148.